The van der Waals surface area contributed by atoms with Gasteiger partial charge in [0, 0.05) is 12.0 Å². The molecular formula is C29H46O7Si. The molecule has 208 valence electrons. The average molecular weight is 535 g/mol. The third-order valence-corrected chi connectivity index (χ3v) is 7.15. The first-order chi connectivity index (χ1) is 17.2. The van der Waals surface area contributed by atoms with Gasteiger partial charge in [0.05, 0.1) is 46.8 Å². The number of esters is 1. The second-order valence-corrected chi connectivity index (χ2v) is 16.9. The van der Waals surface area contributed by atoms with Crippen LogP contribution in [-0.4, -0.2) is 63.7 Å². The molecular weight excluding hydrogens is 488 g/mol. The van der Waals surface area contributed by atoms with Crippen LogP contribution in [0.3, 0.4) is 0 Å². The van der Waals surface area contributed by atoms with Crippen LogP contribution < -0.4 is 9.47 Å². The van der Waals surface area contributed by atoms with Crippen molar-refractivity contribution in [1.82, 2.24) is 0 Å². The molecule has 0 aliphatic carbocycles. The van der Waals surface area contributed by atoms with Gasteiger partial charge in [-0.2, -0.15) is 0 Å². The van der Waals surface area contributed by atoms with Gasteiger partial charge in [-0.1, -0.05) is 50.9 Å². The highest BCUT2D eigenvalue weighted by Gasteiger charge is 2.42. The van der Waals surface area contributed by atoms with E-state index in [9.17, 15) is 9.90 Å². The molecule has 1 fully saturated rings. The summed E-state index contributed by atoms with van der Waals surface area (Å²) in [4.78, 5) is 13.2. The number of rotatable bonds is 12. The van der Waals surface area contributed by atoms with Crippen molar-refractivity contribution in [2.75, 3.05) is 20.4 Å². The predicted molar refractivity (Wildman–Crippen MR) is 150 cm³/mol. The standard InChI is InChI=1S/C29H46O7Si/c1-19(13-11-14-20(2)30)27-23(35-29(4,5)36-27)16-12-15-22-21(3)24(32-6)17-25(33-7)26(22)28(31)34-18-37(8,9)10/h11-13,15,17,19-20,23,27,30H,14,16,18H2,1-10H3/b13-11-,15-12+/t19?,20-,23+,27-/m1/s1. The summed E-state index contributed by atoms with van der Waals surface area (Å²) in [6, 6.07) is 1.73. The van der Waals surface area contributed by atoms with Gasteiger partial charge in [0.2, 0.25) is 0 Å². The Balaban J connectivity index is 2.35. The summed E-state index contributed by atoms with van der Waals surface area (Å²) in [6.45, 7) is 16.1. The SMILES string of the molecule is COc1cc(OC)c(C(=O)OC[Si](C)(C)C)c(/C=C/C[C@@H]2OC(C)(C)O[C@@H]2C(C)/C=C\C[C@@H](C)O)c1C. The molecule has 0 aromatic heterocycles. The van der Waals surface area contributed by atoms with Gasteiger partial charge in [0.1, 0.15) is 17.1 Å². The summed E-state index contributed by atoms with van der Waals surface area (Å²) in [6.07, 6.45) is 8.90. The molecule has 1 unspecified atom stereocenters. The zero-order valence-corrected chi connectivity index (χ0v) is 25.2. The minimum absolute atomic E-state index is 0.102. The first-order valence-corrected chi connectivity index (χ1v) is 16.7. The Labute approximate surface area is 223 Å². The van der Waals surface area contributed by atoms with Crippen LogP contribution in [0.15, 0.2) is 24.3 Å². The topological polar surface area (TPSA) is 83.5 Å². The lowest BCUT2D eigenvalue weighted by Crippen LogP contribution is -2.30. The van der Waals surface area contributed by atoms with Crippen LogP contribution in [0.4, 0.5) is 0 Å². The van der Waals surface area contributed by atoms with Crippen LogP contribution in [0.1, 0.15) is 62.0 Å². The molecule has 7 nitrogen and oxygen atoms in total. The van der Waals surface area contributed by atoms with Crippen LogP contribution in [0.25, 0.3) is 6.08 Å². The summed E-state index contributed by atoms with van der Waals surface area (Å²) >= 11 is 0. The molecule has 1 aliphatic heterocycles. The maximum atomic E-state index is 13.2. The van der Waals surface area contributed by atoms with E-state index in [2.05, 4.69) is 32.6 Å². The minimum Gasteiger partial charge on any atom is -0.496 e. The van der Waals surface area contributed by atoms with Crippen molar-refractivity contribution >= 4 is 20.1 Å². The van der Waals surface area contributed by atoms with Gasteiger partial charge in [0.15, 0.2) is 5.79 Å². The second kappa shape index (κ2) is 13.1. The summed E-state index contributed by atoms with van der Waals surface area (Å²) in [5, 5.41) is 9.56. The third-order valence-electron chi connectivity index (χ3n) is 6.14. The molecule has 0 amide bonds. The average Bonchev–Trinajstić information content (AvgIpc) is 3.11. The minimum atomic E-state index is -1.60. The van der Waals surface area contributed by atoms with E-state index in [-0.39, 0.29) is 24.2 Å². The molecule has 4 atom stereocenters. The molecule has 1 saturated heterocycles. The van der Waals surface area contributed by atoms with E-state index in [0.717, 1.165) is 5.56 Å². The highest BCUT2D eigenvalue weighted by molar-refractivity contribution is 6.76. The number of hydrogen-bond acceptors (Lipinski definition) is 7. The first kappa shape index (κ1) is 31.1. The monoisotopic (exact) mass is 534 g/mol. The van der Waals surface area contributed by atoms with E-state index < -0.39 is 19.8 Å². The number of benzene rings is 1. The molecule has 1 heterocycles. The van der Waals surface area contributed by atoms with Crippen molar-refractivity contribution in [3.05, 3.63) is 41.0 Å². The fourth-order valence-electron chi connectivity index (χ4n) is 4.31. The van der Waals surface area contributed by atoms with E-state index in [1.54, 1.807) is 20.1 Å². The van der Waals surface area contributed by atoms with Gasteiger partial charge in [0.25, 0.3) is 0 Å². The maximum Gasteiger partial charge on any atom is 0.342 e. The Morgan fingerprint density at radius 2 is 1.78 bits per heavy atom. The lowest BCUT2D eigenvalue weighted by atomic mass is 9.95. The molecule has 0 bridgehead atoms. The number of methoxy groups -OCH3 is 2. The van der Waals surface area contributed by atoms with Gasteiger partial charge < -0.3 is 28.8 Å². The molecule has 0 spiro atoms. The summed E-state index contributed by atoms with van der Waals surface area (Å²) in [7, 11) is 1.54. The number of aliphatic hydroxyl groups excluding tert-OH is 1. The van der Waals surface area contributed by atoms with Crippen LogP contribution in [0.5, 0.6) is 11.5 Å². The van der Waals surface area contributed by atoms with Crippen molar-refractivity contribution in [2.24, 2.45) is 5.92 Å². The van der Waals surface area contributed by atoms with Crippen LogP contribution in [-0.2, 0) is 14.2 Å². The lowest BCUT2D eigenvalue weighted by molar-refractivity contribution is -0.148. The zero-order valence-electron chi connectivity index (χ0n) is 24.2. The predicted octanol–water partition coefficient (Wildman–Crippen LogP) is 5.93. The van der Waals surface area contributed by atoms with Crippen molar-refractivity contribution in [1.29, 1.82) is 0 Å². The Bertz CT molecular complexity index is 975. The smallest absolute Gasteiger partial charge is 0.342 e. The van der Waals surface area contributed by atoms with Crippen LogP contribution >= 0.6 is 0 Å². The number of carbonyl (C=O) groups excluding carboxylic acids is 1. The zero-order chi connectivity index (χ0) is 28.0. The van der Waals surface area contributed by atoms with E-state index in [1.165, 1.54) is 7.11 Å². The van der Waals surface area contributed by atoms with E-state index >= 15 is 0 Å². The van der Waals surface area contributed by atoms with E-state index in [0.29, 0.717) is 41.7 Å². The van der Waals surface area contributed by atoms with Crippen molar-refractivity contribution in [3.8, 4) is 11.5 Å². The molecule has 0 saturated carbocycles. The third kappa shape index (κ3) is 8.99. The van der Waals surface area contributed by atoms with Crippen LogP contribution in [0, 0.1) is 12.8 Å². The Hall–Kier alpha value is -2.13. The first-order valence-electron chi connectivity index (χ1n) is 13.0. The Kier molecular flexibility index (Phi) is 11.0. The molecule has 1 aliphatic rings. The van der Waals surface area contributed by atoms with E-state index in [4.69, 9.17) is 23.7 Å². The highest BCUT2D eigenvalue weighted by Crippen LogP contribution is 2.37. The largest absolute Gasteiger partial charge is 0.496 e. The molecule has 1 N–H and O–H groups in total. The van der Waals surface area contributed by atoms with Crippen LogP contribution in [0.2, 0.25) is 19.6 Å². The number of carbonyl (C=O) groups is 1. The Morgan fingerprint density at radius 3 is 2.35 bits per heavy atom. The van der Waals surface area contributed by atoms with Gasteiger partial charge in [-0.15, -0.1) is 0 Å². The molecule has 37 heavy (non-hydrogen) atoms. The van der Waals surface area contributed by atoms with Crippen molar-refractivity contribution in [3.63, 3.8) is 0 Å². The summed E-state index contributed by atoms with van der Waals surface area (Å²) in [5.74, 6) is 0.0514. The van der Waals surface area contributed by atoms with Crippen molar-refractivity contribution in [2.45, 2.75) is 91.2 Å². The fourth-order valence-corrected chi connectivity index (χ4v) is 4.87. The maximum absolute atomic E-state index is 13.2. The molecule has 8 heteroatoms. The second-order valence-electron chi connectivity index (χ2n) is 11.5. The van der Waals surface area contributed by atoms with Gasteiger partial charge in [-0.25, -0.2) is 4.79 Å². The quantitative estimate of drug-likeness (QED) is 0.202. The van der Waals surface area contributed by atoms with Crippen molar-refractivity contribution < 1.29 is 33.6 Å². The molecule has 0 radical (unpaired) electrons. The fraction of sp³-hybridized carbons (Fsp3) is 0.621. The number of ether oxygens (including phenoxy) is 5. The highest BCUT2D eigenvalue weighted by atomic mass is 28.3. The normalized spacial score (nSPS) is 21.4. The Morgan fingerprint density at radius 1 is 1.14 bits per heavy atom. The van der Waals surface area contributed by atoms with Gasteiger partial charge >= 0.3 is 5.97 Å². The number of aliphatic hydroxyl groups is 1. The summed E-state index contributed by atoms with van der Waals surface area (Å²) in [5.41, 5.74) is 1.93. The molecule has 1 aromatic carbocycles. The lowest BCUT2D eigenvalue weighted by Gasteiger charge is -2.21. The van der Waals surface area contributed by atoms with Gasteiger partial charge in [-0.05, 0) is 51.7 Å². The molecule has 2 rings (SSSR count). The van der Waals surface area contributed by atoms with E-state index in [1.807, 2.05) is 39.0 Å². The summed E-state index contributed by atoms with van der Waals surface area (Å²) < 4.78 is 29.3. The number of hydrogen-bond donors (Lipinski definition) is 1. The van der Waals surface area contributed by atoms with Gasteiger partial charge in [-0.3, -0.25) is 0 Å². The molecule has 1 aromatic rings.